The number of benzene rings is 1. The molecule has 88 valence electrons. The van der Waals surface area contributed by atoms with Crippen LogP contribution in [-0.4, -0.2) is 49.3 Å². The molecule has 0 saturated carbocycles. The largest absolute Gasteiger partial charge is 0.395 e. The Morgan fingerprint density at radius 1 is 1.31 bits per heavy atom. The predicted molar refractivity (Wildman–Crippen MR) is 66.8 cm³/mol. The van der Waals surface area contributed by atoms with Gasteiger partial charge >= 0.3 is 0 Å². The van der Waals surface area contributed by atoms with Crippen molar-refractivity contribution >= 4 is 11.6 Å². The minimum atomic E-state index is 0.292. The van der Waals surface area contributed by atoms with Gasteiger partial charge in [0.15, 0.2) is 0 Å². The Morgan fingerprint density at radius 2 is 2.06 bits per heavy atom. The van der Waals surface area contributed by atoms with Gasteiger partial charge in [0.05, 0.1) is 6.61 Å². The molecule has 0 aromatic rings. The zero-order chi connectivity index (χ0) is 11.4. The van der Waals surface area contributed by atoms with Crippen LogP contribution in [0.4, 0.5) is 0 Å². The standard InChI is InChI=1S/C6H3Cl.C6H14N2O/c7-6-2-1-4-3-5(4)6;9-6-5-8-3-1-7-2-4-8/h1-3H;7,9H,1-6H2. The molecule has 0 aromatic carbocycles. The quantitative estimate of drug-likeness (QED) is 0.828. The average Bonchev–Trinajstić information content (AvgIpc) is 3.01. The minimum Gasteiger partial charge on any atom is -0.395 e. The van der Waals surface area contributed by atoms with Crippen LogP contribution in [0.1, 0.15) is 0 Å². The lowest BCUT2D eigenvalue weighted by molar-refractivity contribution is 0.180. The molecular formula is C12H17ClN2O. The first-order chi connectivity index (χ1) is 7.81. The Kier molecular flexibility index (Phi) is 4.18. The van der Waals surface area contributed by atoms with Crippen LogP contribution in [0.5, 0.6) is 0 Å². The van der Waals surface area contributed by atoms with Gasteiger partial charge in [0.2, 0.25) is 0 Å². The molecule has 0 aromatic heterocycles. The summed E-state index contributed by atoms with van der Waals surface area (Å²) in [4.78, 5) is 2.26. The number of piperazine rings is 1. The Hall–Kier alpha value is -0.610. The topological polar surface area (TPSA) is 35.5 Å². The molecular weight excluding hydrogens is 224 g/mol. The first-order valence-electron chi connectivity index (χ1n) is 5.65. The van der Waals surface area contributed by atoms with Gasteiger partial charge < -0.3 is 10.4 Å². The molecule has 1 saturated heterocycles. The molecule has 3 aliphatic rings. The molecule has 16 heavy (non-hydrogen) atoms. The number of rotatable bonds is 2. The third-order valence-electron chi connectivity index (χ3n) is 2.82. The Labute approximate surface area is 101 Å². The van der Waals surface area contributed by atoms with Crippen molar-refractivity contribution < 1.29 is 5.11 Å². The third kappa shape index (κ3) is 3.19. The highest BCUT2D eigenvalue weighted by atomic mass is 35.5. The lowest BCUT2D eigenvalue weighted by Crippen LogP contribution is -2.44. The maximum absolute atomic E-state index is 8.56. The lowest BCUT2D eigenvalue weighted by Gasteiger charge is -2.25. The van der Waals surface area contributed by atoms with Gasteiger partial charge in [-0.3, -0.25) is 4.90 Å². The van der Waals surface area contributed by atoms with E-state index in [-0.39, 0.29) is 0 Å². The van der Waals surface area contributed by atoms with E-state index in [1.165, 1.54) is 11.1 Å². The van der Waals surface area contributed by atoms with Crippen molar-refractivity contribution in [2.45, 2.75) is 0 Å². The summed E-state index contributed by atoms with van der Waals surface area (Å²) in [6.07, 6.45) is 0. The summed E-state index contributed by atoms with van der Waals surface area (Å²) in [5.41, 5.74) is 2.55. The minimum absolute atomic E-state index is 0.292. The van der Waals surface area contributed by atoms with E-state index in [2.05, 4.69) is 16.3 Å². The second-order valence-corrected chi connectivity index (χ2v) is 4.42. The number of hydrogen-bond acceptors (Lipinski definition) is 3. The van der Waals surface area contributed by atoms with E-state index in [1.807, 2.05) is 12.1 Å². The molecule has 3 nitrogen and oxygen atoms in total. The molecule has 0 spiro atoms. The number of nitrogens with zero attached hydrogens (tertiary/aromatic N) is 1. The molecule has 1 aliphatic heterocycles. The summed E-state index contributed by atoms with van der Waals surface area (Å²) >= 11 is 5.65. The second-order valence-electron chi connectivity index (χ2n) is 4.01. The van der Waals surface area contributed by atoms with Gasteiger partial charge in [-0.1, -0.05) is 17.7 Å². The van der Waals surface area contributed by atoms with Crippen LogP contribution in [0.15, 0.2) is 18.2 Å². The van der Waals surface area contributed by atoms with Crippen molar-refractivity contribution in [3.63, 3.8) is 0 Å². The van der Waals surface area contributed by atoms with Crippen LogP contribution in [0.2, 0.25) is 5.02 Å². The Balaban J connectivity index is 0.000000123. The van der Waals surface area contributed by atoms with E-state index in [4.69, 9.17) is 16.7 Å². The number of nitrogens with one attached hydrogen (secondary N) is 1. The van der Waals surface area contributed by atoms with Gasteiger partial charge in [0, 0.05) is 43.3 Å². The smallest absolute Gasteiger partial charge is 0.0558 e. The molecule has 1 fully saturated rings. The zero-order valence-corrected chi connectivity index (χ0v) is 10.0. The first kappa shape index (κ1) is 11.9. The normalized spacial score (nSPS) is 17.6. The van der Waals surface area contributed by atoms with E-state index < -0.39 is 0 Å². The summed E-state index contributed by atoms with van der Waals surface area (Å²) in [5, 5.41) is 12.7. The van der Waals surface area contributed by atoms with E-state index in [1.54, 1.807) is 0 Å². The molecule has 1 heterocycles. The van der Waals surface area contributed by atoms with Crippen LogP contribution < -0.4 is 5.32 Å². The van der Waals surface area contributed by atoms with E-state index >= 15 is 0 Å². The summed E-state index contributed by atoms with van der Waals surface area (Å²) in [7, 11) is 0. The lowest BCUT2D eigenvalue weighted by atomic mass is 10.4. The number of fused-ring (bicyclic) bond motifs is 1. The van der Waals surface area contributed by atoms with Gasteiger partial charge in [-0.2, -0.15) is 0 Å². The molecule has 0 atom stereocenters. The van der Waals surface area contributed by atoms with Crippen molar-refractivity contribution in [1.29, 1.82) is 0 Å². The highest BCUT2D eigenvalue weighted by Gasteiger charge is 2.14. The van der Waals surface area contributed by atoms with Crippen molar-refractivity contribution in [2.24, 2.45) is 0 Å². The molecule has 0 bridgehead atoms. The van der Waals surface area contributed by atoms with Crippen LogP contribution in [0, 0.1) is 0 Å². The van der Waals surface area contributed by atoms with Gasteiger partial charge in [-0.15, -0.1) is 0 Å². The molecule has 2 N–H and O–H groups in total. The maximum Gasteiger partial charge on any atom is 0.0558 e. The number of β-amino-alcohol motifs (C(OH)–C–C–N with tert-alkyl or cyclic N) is 1. The summed E-state index contributed by atoms with van der Waals surface area (Å²) in [6.45, 7) is 5.43. The van der Waals surface area contributed by atoms with Crippen molar-refractivity contribution in [3.8, 4) is 11.1 Å². The van der Waals surface area contributed by atoms with Crippen molar-refractivity contribution in [3.05, 3.63) is 23.2 Å². The van der Waals surface area contributed by atoms with E-state index in [0.29, 0.717) is 6.61 Å². The fraction of sp³-hybridized carbons (Fsp3) is 0.500. The number of aliphatic hydroxyl groups excluding tert-OH is 1. The van der Waals surface area contributed by atoms with Gasteiger partial charge in [-0.25, -0.2) is 0 Å². The number of hydrogen-bond donors (Lipinski definition) is 2. The van der Waals surface area contributed by atoms with E-state index in [0.717, 1.165) is 37.7 Å². The molecule has 0 amide bonds. The predicted octanol–water partition coefficient (Wildman–Crippen LogP) is 1.20. The monoisotopic (exact) mass is 240 g/mol. The summed E-state index contributed by atoms with van der Waals surface area (Å²) in [5.74, 6) is 0. The molecule has 0 unspecified atom stereocenters. The van der Waals surface area contributed by atoms with Crippen LogP contribution in [-0.2, 0) is 0 Å². The van der Waals surface area contributed by atoms with Gasteiger partial charge in [0.1, 0.15) is 0 Å². The van der Waals surface area contributed by atoms with E-state index in [9.17, 15) is 0 Å². The van der Waals surface area contributed by atoms with Crippen LogP contribution in [0.3, 0.4) is 0 Å². The maximum atomic E-state index is 8.56. The van der Waals surface area contributed by atoms with Crippen LogP contribution in [0.25, 0.3) is 11.1 Å². The zero-order valence-electron chi connectivity index (χ0n) is 9.25. The van der Waals surface area contributed by atoms with Crippen molar-refractivity contribution in [2.75, 3.05) is 39.3 Å². The fourth-order valence-corrected chi connectivity index (χ4v) is 2.02. The molecule has 4 heteroatoms. The van der Waals surface area contributed by atoms with Gasteiger partial charge in [-0.05, 0) is 17.7 Å². The fourth-order valence-electron chi connectivity index (χ4n) is 1.79. The number of halogens is 1. The van der Waals surface area contributed by atoms with Crippen LogP contribution >= 0.6 is 11.6 Å². The first-order valence-corrected chi connectivity index (χ1v) is 6.03. The van der Waals surface area contributed by atoms with Gasteiger partial charge in [0.25, 0.3) is 0 Å². The molecule has 3 rings (SSSR count). The summed E-state index contributed by atoms with van der Waals surface area (Å²) in [6, 6.07) is 6.02. The Morgan fingerprint density at radius 3 is 2.44 bits per heavy atom. The third-order valence-corrected chi connectivity index (χ3v) is 3.15. The number of aliphatic hydroxyl groups is 1. The van der Waals surface area contributed by atoms with Crippen molar-refractivity contribution in [1.82, 2.24) is 10.2 Å². The highest BCUT2D eigenvalue weighted by molar-refractivity contribution is 6.35. The SMILES string of the molecule is Clc1ccc2cc1-2.OCCN1CCNCC1. The molecule has 0 radical (unpaired) electrons. The molecule has 2 aliphatic carbocycles. The Bertz CT molecular complexity index is 348. The summed E-state index contributed by atoms with van der Waals surface area (Å²) < 4.78 is 0. The highest BCUT2D eigenvalue weighted by Crippen LogP contribution is 2.40. The second kappa shape index (κ2) is 5.64. The average molecular weight is 241 g/mol.